The summed E-state index contributed by atoms with van der Waals surface area (Å²) in [4.78, 5) is 2.47. The van der Waals surface area contributed by atoms with Crippen molar-refractivity contribution >= 4 is 5.69 Å². The van der Waals surface area contributed by atoms with Crippen LogP contribution < -0.4 is 10.6 Å². The van der Waals surface area contributed by atoms with Gasteiger partial charge >= 0.3 is 0 Å². The molecular formula is C17H24N4. The van der Waals surface area contributed by atoms with Crippen LogP contribution in [0.4, 0.5) is 5.69 Å². The fourth-order valence-corrected chi connectivity index (χ4v) is 3.38. The van der Waals surface area contributed by atoms with Crippen LogP contribution in [0.2, 0.25) is 0 Å². The van der Waals surface area contributed by atoms with Crippen LogP contribution in [0.15, 0.2) is 30.3 Å². The summed E-state index contributed by atoms with van der Waals surface area (Å²) >= 11 is 0. The van der Waals surface area contributed by atoms with Crippen LogP contribution in [-0.4, -0.2) is 22.9 Å². The molecule has 4 heteroatoms. The van der Waals surface area contributed by atoms with Crippen LogP contribution in [0.1, 0.15) is 36.2 Å². The van der Waals surface area contributed by atoms with E-state index in [2.05, 4.69) is 58.9 Å². The van der Waals surface area contributed by atoms with E-state index in [4.69, 9.17) is 5.73 Å². The Morgan fingerprint density at radius 3 is 2.90 bits per heavy atom. The van der Waals surface area contributed by atoms with Gasteiger partial charge in [-0.25, -0.2) is 0 Å². The Morgan fingerprint density at radius 1 is 1.33 bits per heavy atom. The third-order valence-corrected chi connectivity index (χ3v) is 4.31. The monoisotopic (exact) mass is 284 g/mol. The van der Waals surface area contributed by atoms with Gasteiger partial charge in [-0.15, -0.1) is 0 Å². The van der Waals surface area contributed by atoms with E-state index in [1.54, 1.807) is 0 Å². The van der Waals surface area contributed by atoms with Crippen LogP contribution in [0.5, 0.6) is 0 Å². The Bertz CT molecular complexity index is 617. The van der Waals surface area contributed by atoms with Gasteiger partial charge in [0.2, 0.25) is 0 Å². The zero-order valence-electron chi connectivity index (χ0n) is 12.9. The lowest BCUT2D eigenvalue weighted by atomic mass is 9.98. The van der Waals surface area contributed by atoms with Gasteiger partial charge < -0.3 is 10.6 Å². The predicted molar refractivity (Wildman–Crippen MR) is 86.5 cm³/mol. The fourth-order valence-electron chi connectivity index (χ4n) is 3.38. The molecule has 0 amide bonds. The molecule has 112 valence electrons. The minimum Gasteiger partial charge on any atom is -0.365 e. The van der Waals surface area contributed by atoms with Crippen molar-refractivity contribution in [3.05, 3.63) is 47.3 Å². The number of hydrogen-bond donors (Lipinski definition) is 1. The lowest BCUT2D eigenvalue weighted by molar-refractivity contribution is 0.594. The molecule has 0 fully saturated rings. The molecule has 1 aromatic carbocycles. The van der Waals surface area contributed by atoms with Gasteiger partial charge in [-0.1, -0.05) is 18.2 Å². The molecule has 2 N–H and O–H groups in total. The smallest absolute Gasteiger partial charge is 0.0599 e. The molecule has 3 rings (SSSR count). The SMILES string of the molecule is CCn1nc(C)cc1CN1CC(CCN)c2ccccc21. The summed E-state index contributed by atoms with van der Waals surface area (Å²) in [6.45, 7) is 7.86. The van der Waals surface area contributed by atoms with Crippen molar-refractivity contribution in [2.24, 2.45) is 5.73 Å². The topological polar surface area (TPSA) is 47.1 Å². The molecule has 1 aliphatic heterocycles. The maximum Gasteiger partial charge on any atom is 0.0599 e. The van der Waals surface area contributed by atoms with Crippen molar-refractivity contribution in [2.45, 2.75) is 39.3 Å². The van der Waals surface area contributed by atoms with Gasteiger partial charge in [-0.05, 0) is 44.5 Å². The second kappa shape index (κ2) is 5.90. The van der Waals surface area contributed by atoms with Crippen molar-refractivity contribution in [1.29, 1.82) is 0 Å². The highest BCUT2D eigenvalue weighted by Gasteiger charge is 2.28. The molecule has 2 heterocycles. The number of nitrogens with zero attached hydrogens (tertiary/aromatic N) is 3. The lowest BCUT2D eigenvalue weighted by Crippen LogP contribution is -2.23. The number of para-hydroxylation sites is 1. The Balaban J connectivity index is 1.86. The number of fused-ring (bicyclic) bond motifs is 1. The van der Waals surface area contributed by atoms with Crippen molar-refractivity contribution < 1.29 is 0 Å². The number of anilines is 1. The van der Waals surface area contributed by atoms with Gasteiger partial charge in [-0.3, -0.25) is 4.68 Å². The molecule has 2 aromatic rings. The first-order chi connectivity index (χ1) is 10.2. The van der Waals surface area contributed by atoms with E-state index < -0.39 is 0 Å². The van der Waals surface area contributed by atoms with E-state index in [1.807, 2.05) is 0 Å². The zero-order chi connectivity index (χ0) is 14.8. The largest absolute Gasteiger partial charge is 0.365 e. The maximum atomic E-state index is 5.78. The Hall–Kier alpha value is -1.81. The number of aromatic nitrogens is 2. The summed E-state index contributed by atoms with van der Waals surface area (Å²) < 4.78 is 2.11. The standard InChI is InChI=1S/C17H24N4/c1-3-21-15(10-13(2)19-21)12-20-11-14(8-9-18)16-6-4-5-7-17(16)20/h4-7,10,14H,3,8-9,11-12,18H2,1-2H3. The minimum atomic E-state index is 0.560. The average molecular weight is 284 g/mol. The van der Waals surface area contributed by atoms with Crippen molar-refractivity contribution in [3.8, 4) is 0 Å². The Kier molecular flexibility index (Phi) is 3.97. The molecule has 4 nitrogen and oxygen atoms in total. The second-order valence-corrected chi connectivity index (χ2v) is 5.81. The molecule has 1 unspecified atom stereocenters. The first-order valence-electron chi connectivity index (χ1n) is 7.80. The molecule has 0 spiro atoms. The van der Waals surface area contributed by atoms with Crippen LogP contribution in [0, 0.1) is 6.92 Å². The fraction of sp³-hybridized carbons (Fsp3) is 0.471. The highest BCUT2D eigenvalue weighted by atomic mass is 15.3. The number of aryl methyl sites for hydroxylation is 2. The van der Waals surface area contributed by atoms with Crippen molar-refractivity contribution in [1.82, 2.24) is 9.78 Å². The first kappa shape index (κ1) is 14.1. The first-order valence-corrected chi connectivity index (χ1v) is 7.80. The summed E-state index contributed by atoms with van der Waals surface area (Å²) in [6, 6.07) is 10.9. The molecular weight excluding hydrogens is 260 g/mol. The van der Waals surface area contributed by atoms with E-state index in [1.165, 1.54) is 16.9 Å². The number of nitrogens with two attached hydrogens (primary N) is 1. The number of hydrogen-bond acceptors (Lipinski definition) is 3. The van der Waals surface area contributed by atoms with Crippen LogP contribution in [-0.2, 0) is 13.1 Å². The van der Waals surface area contributed by atoms with Crippen LogP contribution >= 0.6 is 0 Å². The highest BCUT2D eigenvalue weighted by molar-refractivity contribution is 5.60. The van der Waals surface area contributed by atoms with Crippen molar-refractivity contribution in [3.63, 3.8) is 0 Å². The van der Waals surface area contributed by atoms with Gasteiger partial charge in [-0.2, -0.15) is 5.10 Å². The molecule has 1 atom stereocenters. The third kappa shape index (κ3) is 2.68. The van der Waals surface area contributed by atoms with Gasteiger partial charge in [0.05, 0.1) is 17.9 Å². The molecule has 0 radical (unpaired) electrons. The third-order valence-electron chi connectivity index (χ3n) is 4.31. The van der Waals surface area contributed by atoms with Crippen molar-refractivity contribution in [2.75, 3.05) is 18.0 Å². The van der Waals surface area contributed by atoms with Gasteiger partial charge in [0.1, 0.15) is 0 Å². The summed E-state index contributed by atoms with van der Waals surface area (Å²) in [6.07, 6.45) is 1.06. The van der Waals surface area contributed by atoms with Crippen LogP contribution in [0.25, 0.3) is 0 Å². The Labute approximate surface area is 126 Å². The summed E-state index contributed by atoms with van der Waals surface area (Å²) in [5, 5.41) is 4.55. The highest BCUT2D eigenvalue weighted by Crippen LogP contribution is 2.38. The predicted octanol–water partition coefficient (Wildman–Crippen LogP) is 2.66. The molecule has 21 heavy (non-hydrogen) atoms. The molecule has 0 saturated heterocycles. The van der Waals surface area contributed by atoms with E-state index in [0.29, 0.717) is 5.92 Å². The molecule has 1 aromatic heterocycles. The quantitative estimate of drug-likeness (QED) is 0.918. The molecule has 0 aliphatic carbocycles. The molecule has 0 bridgehead atoms. The van der Waals surface area contributed by atoms with Crippen LogP contribution in [0.3, 0.4) is 0 Å². The lowest BCUT2D eigenvalue weighted by Gasteiger charge is -2.20. The number of rotatable bonds is 5. The van der Waals surface area contributed by atoms with Gasteiger partial charge in [0, 0.05) is 24.7 Å². The Morgan fingerprint density at radius 2 is 2.14 bits per heavy atom. The minimum absolute atomic E-state index is 0.560. The van der Waals surface area contributed by atoms with E-state index >= 15 is 0 Å². The molecule has 1 aliphatic rings. The summed E-state index contributed by atoms with van der Waals surface area (Å²) in [5.74, 6) is 0.560. The van der Waals surface area contributed by atoms with Gasteiger partial charge in [0.15, 0.2) is 0 Å². The zero-order valence-corrected chi connectivity index (χ0v) is 12.9. The summed E-state index contributed by atoms with van der Waals surface area (Å²) in [5.41, 5.74) is 11.0. The average Bonchev–Trinajstić information content (AvgIpc) is 3.01. The normalized spacial score (nSPS) is 17.3. The number of benzene rings is 1. The molecule has 0 saturated carbocycles. The van der Waals surface area contributed by atoms with E-state index in [9.17, 15) is 0 Å². The second-order valence-electron chi connectivity index (χ2n) is 5.81. The maximum absolute atomic E-state index is 5.78. The summed E-state index contributed by atoms with van der Waals surface area (Å²) in [7, 11) is 0. The van der Waals surface area contributed by atoms with E-state index in [0.717, 1.165) is 38.3 Å². The van der Waals surface area contributed by atoms with Gasteiger partial charge in [0.25, 0.3) is 0 Å². The van der Waals surface area contributed by atoms with E-state index in [-0.39, 0.29) is 0 Å².